The van der Waals surface area contributed by atoms with Crippen LogP contribution in [0.3, 0.4) is 0 Å². The number of hydrogen-bond donors (Lipinski definition) is 0. The van der Waals surface area contributed by atoms with E-state index in [1.807, 2.05) is 4.90 Å². The molecule has 0 atom stereocenters. The van der Waals surface area contributed by atoms with E-state index in [0.29, 0.717) is 10.8 Å². The third-order valence-electron chi connectivity index (χ3n) is 7.47. The summed E-state index contributed by atoms with van der Waals surface area (Å²) in [6.07, 6.45) is 7.94. The lowest BCUT2D eigenvalue weighted by Crippen LogP contribution is -2.47. The molecule has 1 aromatic heterocycles. The second kappa shape index (κ2) is 8.51. The number of ether oxygens (including phenoxy) is 2. The molecule has 2 aliphatic carbocycles. The van der Waals surface area contributed by atoms with Crippen molar-refractivity contribution in [2.45, 2.75) is 96.1 Å². The molecule has 1 amide bonds. The van der Waals surface area contributed by atoms with Gasteiger partial charge in [-0.2, -0.15) is 0 Å². The van der Waals surface area contributed by atoms with Crippen LogP contribution in [0.25, 0.3) is 0 Å². The Morgan fingerprint density at radius 2 is 1.74 bits per heavy atom. The van der Waals surface area contributed by atoms with Gasteiger partial charge in [0, 0.05) is 16.8 Å². The predicted octanol–water partition coefficient (Wildman–Crippen LogP) is 5.70. The fraction of sp³-hybridized carbons (Fsp3) is 0.760. The van der Waals surface area contributed by atoms with Crippen LogP contribution >= 0.6 is 11.3 Å². The van der Waals surface area contributed by atoms with Crippen LogP contribution in [0.1, 0.15) is 93.6 Å². The summed E-state index contributed by atoms with van der Waals surface area (Å²) in [5, 5.41) is 0. The van der Waals surface area contributed by atoms with Crippen LogP contribution in [0.4, 0.5) is 5.69 Å². The maximum Gasteiger partial charge on any atom is 0.350 e. The fourth-order valence-electron chi connectivity index (χ4n) is 5.15. The summed E-state index contributed by atoms with van der Waals surface area (Å²) in [6.45, 7) is 9.57. The molecular weight excluding hydrogens is 410 g/mol. The average Bonchev–Trinajstić information content (AvgIpc) is 3.33. The van der Waals surface area contributed by atoms with E-state index in [2.05, 4.69) is 33.8 Å². The Hall–Kier alpha value is -1.40. The van der Waals surface area contributed by atoms with Crippen molar-refractivity contribution in [3.05, 3.63) is 15.8 Å². The molecule has 0 radical (unpaired) electrons. The maximum absolute atomic E-state index is 14.0. The van der Waals surface area contributed by atoms with E-state index in [-0.39, 0.29) is 34.9 Å². The van der Waals surface area contributed by atoms with E-state index in [1.165, 1.54) is 18.4 Å². The topological polar surface area (TPSA) is 59.1 Å². The van der Waals surface area contributed by atoms with E-state index < -0.39 is 0 Å². The monoisotopic (exact) mass is 447 g/mol. The smallest absolute Gasteiger partial charge is 0.350 e. The van der Waals surface area contributed by atoms with Gasteiger partial charge in [0.05, 0.1) is 25.0 Å². The van der Waals surface area contributed by atoms with E-state index in [0.717, 1.165) is 68.5 Å². The van der Waals surface area contributed by atoms with Crippen LogP contribution in [-0.2, 0) is 19.7 Å². The van der Waals surface area contributed by atoms with Gasteiger partial charge in [0.2, 0.25) is 5.91 Å². The molecule has 1 spiro atoms. The Bertz CT molecular complexity index is 817. The molecule has 3 aliphatic rings. The van der Waals surface area contributed by atoms with E-state index >= 15 is 0 Å². The largest absolute Gasteiger partial charge is 0.465 e. The van der Waals surface area contributed by atoms with Gasteiger partial charge in [0.25, 0.3) is 0 Å². The first-order chi connectivity index (χ1) is 14.6. The first-order valence-corrected chi connectivity index (χ1v) is 12.6. The minimum atomic E-state index is -0.344. The lowest BCUT2D eigenvalue weighted by atomic mass is 9.80. The van der Waals surface area contributed by atoms with Crippen LogP contribution in [0.2, 0.25) is 0 Å². The Morgan fingerprint density at radius 1 is 1.13 bits per heavy atom. The summed E-state index contributed by atoms with van der Waals surface area (Å²) in [5.74, 6) is 0.599. The highest BCUT2D eigenvalue weighted by atomic mass is 32.1. The Morgan fingerprint density at radius 3 is 2.26 bits per heavy atom. The zero-order valence-corrected chi connectivity index (χ0v) is 20.5. The van der Waals surface area contributed by atoms with Crippen LogP contribution in [0.15, 0.2) is 6.07 Å². The van der Waals surface area contributed by atoms with Crippen molar-refractivity contribution in [1.29, 1.82) is 0 Å². The number of nitrogens with zero attached hydrogens (tertiary/aromatic N) is 1. The quantitative estimate of drug-likeness (QED) is 0.439. The SMILES string of the molecule is COC(=O)c1sc(C(C)(C)C)cc1N(C(=O)C1CCC(C)CC1)C1CCC2(CC1)CO2. The number of thiophene rings is 1. The Kier molecular flexibility index (Phi) is 6.25. The van der Waals surface area contributed by atoms with Gasteiger partial charge in [-0.15, -0.1) is 11.3 Å². The molecule has 0 aromatic carbocycles. The maximum atomic E-state index is 14.0. The molecule has 3 fully saturated rings. The van der Waals surface area contributed by atoms with Gasteiger partial charge in [-0.1, -0.05) is 27.7 Å². The van der Waals surface area contributed by atoms with Crippen LogP contribution in [-0.4, -0.2) is 37.2 Å². The molecule has 2 saturated carbocycles. The van der Waals surface area contributed by atoms with E-state index in [1.54, 1.807) is 0 Å². The second-order valence-electron chi connectivity index (χ2n) is 10.9. The molecule has 4 rings (SSSR count). The number of carbonyl (C=O) groups is 2. The number of rotatable bonds is 4. The summed E-state index contributed by atoms with van der Waals surface area (Å²) < 4.78 is 10.8. The first-order valence-electron chi connectivity index (χ1n) is 11.8. The molecule has 172 valence electrons. The van der Waals surface area contributed by atoms with Gasteiger partial charge in [-0.3, -0.25) is 4.79 Å². The van der Waals surface area contributed by atoms with Gasteiger partial charge < -0.3 is 14.4 Å². The Balaban J connectivity index is 1.70. The first kappa shape index (κ1) is 22.8. The number of epoxide rings is 1. The molecular formula is C25H37NO4S. The van der Waals surface area contributed by atoms with Crippen LogP contribution in [0.5, 0.6) is 0 Å². The predicted molar refractivity (Wildman–Crippen MR) is 124 cm³/mol. The summed E-state index contributed by atoms with van der Waals surface area (Å²) in [5.41, 5.74) is 0.740. The second-order valence-corrected chi connectivity index (χ2v) is 12.0. The average molecular weight is 448 g/mol. The zero-order chi connectivity index (χ0) is 22.4. The number of carbonyl (C=O) groups excluding carboxylic acids is 2. The molecule has 0 unspecified atom stereocenters. The van der Waals surface area contributed by atoms with Crippen LogP contribution in [0, 0.1) is 11.8 Å². The minimum Gasteiger partial charge on any atom is -0.465 e. The van der Waals surface area contributed by atoms with Crippen molar-refractivity contribution in [1.82, 2.24) is 0 Å². The number of esters is 1. The molecule has 1 aromatic rings. The van der Waals surface area contributed by atoms with Gasteiger partial charge in [0.15, 0.2) is 0 Å². The zero-order valence-electron chi connectivity index (χ0n) is 19.7. The number of hydrogen-bond acceptors (Lipinski definition) is 5. The number of anilines is 1. The van der Waals surface area contributed by atoms with Crippen molar-refractivity contribution < 1.29 is 19.1 Å². The molecule has 6 heteroatoms. The van der Waals surface area contributed by atoms with Crippen molar-refractivity contribution in [3.63, 3.8) is 0 Å². The fourth-order valence-corrected chi connectivity index (χ4v) is 6.27. The van der Waals surface area contributed by atoms with E-state index in [4.69, 9.17) is 9.47 Å². The van der Waals surface area contributed by atoms with Gasteiger partial charge in [0.1, 0.15) is 4.88 Å². The van der Waals surface area contributed by atoms with Gasteiger partial charge in [-0.25, -0.2) is 4.79 Å². The standard InChI is InChI=1S/C25H37NO4S/c1-16-6-8-17(9-7-16)22(27)26(18-10-12-25(13-11-18)15-30-25)19-14-20(24(2,3)4)31-21(19)23(28)29-5/h14,16-18H,6-13,15H2,1-5H3. The summed E-state index contributed by atoms with van der Waals surface area (Å²) in [6, 6.07) is 2.20. The highest BCUT2D eigenvalue weighted by Crippen LogP contribution is 2.46. The highest BCUT2D eigenvalue weighted by molar-refractivity contribution is 7.14. The Labute approximate surface area is 190 Å². The third-order valence-corrected chi connectivity index (χ3v) is 9.00. The van der Waals surface area contributed by atoms with Crippen molar-refractivity contribution >= 4 is 28.9 Å². The summed E-state index contributed by atoms with van der Waals surface area (Å²) >= 11 is 1.47. The lowest BCUT2D eigenvalue weighted by Gasteiger charge is -2.39. The molecule has 5 nitrogen and oxygen atoms in total. The highest BCUT2D eigenvalue weighted by Gasteiger charge is 2.49. The number of amides is 1. The van der Waals surface area contributed by atoms with Crippen molar-refractivity contribution in [3.8, 4) is 0 Å². The molecule has 31 heavy (non-hydrogen) atoms. The minimum absolute atomic E-state index is 0.0488. The summed E-state index contributed by atoms with van der Waals surface area (Å²) in [7, 11) is 1.42. The molecule has 1 aliphatic heterocycles. The number of methoxy groups -OCH3 is 1. The molecule has 0 bridgehead atoms. The molecule has 1 saturated heterocycles. The van der Waals surface area contributed by atoms with Crippen molar-refractivity contribution in [2.75, 3.05) is 18.6 Å². The lowest BCUT2D eigenvalue weighted by molar-refractivity contribution is -0.124. The van der Waals surface area contributed by atoms with Crippen molar-refractivity contribution in [2.24, 2.45) is 11.8 Å². The van der Waals surface area contributed by atoms with Gasteiger partial charge in [-0.05, 0) is 68.8 Å². The van der Waals surface area contributed by atoms with Crippen LogP contribution < -0.4 is 4.90 Å². The normalized spacial score (nSPS) is 30.8. The van der Waals surface area contributed by atoms with Gasteiger partial charge >= 0.3 is 5.97 Å². The molecule has 2 heterocycles. The molecule has 0 N–H and O–H groups in total. The third kappa shape index (κ3) is 4.70. The summed E-state index contributed by atoms with van der Waals surface area (Å²) in [4.78, 5) is 30.4. The van der Waals surface area contributed by atoms with E-state index in [9.17, 15) is 9.59 Å².